The van der Waals surface area contributed by atoms with Gasteiger partial charge in [0.2, 0.25) is 0 Å². The Morgan fingerprint density at radius 2 is 1.81 bits per heavy atom. The number of hydrogen-bond donors (Lipinski definition) is 1. The fraction of sp³-hybridized carbons (Fsp3) is 1.00. The summed E-state index contributed by atoms with van der Waals surface area (Å²) in [6.07, 6.45) is -3.41. The topological polar surface area (TPSA) is 29.3 Å². The molecule has 4 atom stereocenters. The standard InChI is InChI=1S/C11H21F3N2/c1-7-4-5-16(6-8(7)2)10(9(3)15)11(12,13)14/h7-10H,4-6,15H2,1-3H3. The molecule has 2 N–H and O–H groups in total. The summed E-state index contributed by atoms with van der Waals surface area (Å²) >= 11 is 0. The van der Waals surface area contributed by atoms with E-state index in [9.17, 15) is 13.2 Å². The van der Waals surface area contributed by atoms with Crippen molar-refractivity contribution in [2.24, 2.45) is 17.6 Å². The molecule has 5 heteroatoms. The lowest BCUT2D eigenvalue weighted by molar-refractivity contribution is -0.193. The lowest BCUT2D eigenvalue weighted by Gasteiger charge is -2.42. The van der Waals surface area contributed by atoms with Gasteiger partial charge in [-0.05, 0) is 31.7 Å². The fourth-order valence-corrected chi connectivity index (χ4v) is 2.39. The molecule has 0 spiro atoms. The van der Waals surface area contributed by atoms with E-state index in [1.807, 2.05) is 6.92 Å². The van der Waals surface area contributed by atoms with Crippen molar-refractivity contribution in [3.05, 3.63) is 0 Å². The summed E-state index contributed by atoms with van der Waals surface area (Å²) < 4.78 is 38.6. The van der Waals surface area contributed by atoms with Crippen LogP contribution in [0.5, 0.6) is 0 Å². The molecule has 0 aromatic carbocycles. The normalized spacial score (nSPS) is 32.4. The maximum Gasteiger partial charge on any atom is 0.405 e. The van der Waals surface area contributed by atoms with Crippen LogP contribution in [-0.2, 0) is 0 Å². The highest BCUT2D eigenvalue weighted by Gasteiger charge is 2.46. The Hall–Kier alpha value is -0.290. The van der Waals surface area contributed by atoms with Crippen molar-refractivity contribution in [1.82, 2.24) is 4.90 Å². The molecule has 0 amide bonds. The third-order valence-electron chi connectivity index (χ3n) is 3.59. The first-order chi connectivity index (χ1) is 7.23. The Morgan fingerprint density at radius 1 is 1.25 bits per heavy atom. The molecule has 1 fully saturated rings. The number of piperidine rings is 1. The van der Waals surface area contributed by atoms with Crippen LogP contribution in [-0.4, -0.2) is 36.2 Å². The van der Waals surface area contributed by atoms with E-state index in [2.05, 4.69) is 6.92 Å². The van der Waals surface area contributed by atoms with E-state index < -0.39 is 18.3 Å². The molecule has 1 heterocycles. The Bertz CT molecular complexity index is 228. The molecule has 1 saturated heterocycles. The van der Waals surface area contributed by atoms with Gasteiger partial charge in [0.25, 0.3) is 0 Å². The largest absolute Gasteiger partial charge is 0.405 e. The Kier molecular flexibility index (Phi) is 4.23. The first kappa shape index (κ1) is 13.8. The molecule has 0 radical (unpaired) electrons. The van der Waals surface area contributed by atoms with Gasteiger partial charge in [-0.1, -0.05) is 13.8 Å². The van der Waals surface area contributed by atoms with E-state index in [1.165, 1.54) is 11.8 Å². The van der Waals surface area contributed by atoms with Crippen molar-refractivity contribution in [3.63, 3.8) is 0 Å². The first-order valence-electron chi connectivity index (χ1n) is 5.79. The van der Waals surface area contributed by atoms with Crippen LogP contribution in [0.15, 0.2) is 0 Å². The lowest BCUT2D eigenvalue weighted by Crippen LogP contribution is -2.58. The third kappa shape index (κ3) is 3.10. The summed E-state index contributed by atoms with van der Waals surface area (Å²) in [5.74, 6) is 0.801. The van der Waals surface area contributed by atoms with E-state index in [0.717, 1.165) is 6.42 Å². The van der Waals surface area contributed by atoms with E-state index in [-0.39, 0.29) is 0 Å². The molecule has 1 aliphatic heterocycles. The Morgan fingerprint density at radius 3 is 2.19 bits per heavy atom. The smallest absolute Gasteiger partial charge is 0.326 e. The maximum absolute atomic E-state index is 12.9. The average molecular weight is 238 g/mol. The second kappa shape index (κ2) is 4.92. The van der Waals surface area contributed by atoms with Crippen LogP contribution in [0.4, 0.5) is 13.2 Å². The minimum absolute atomic E-state index is 0.303. The van der Waals surface area contributed by atoms with Gasteiger partial charge >= 0.3 is 6.18 Å². The molecule has 0 saturated carbocycles. The summed E-state index contributed by atoms with van der Waals surface area (Å²) in [7, 11) is 0. The molecule has 0 bridgehead atoms. The van der Waals surface area contributed by atoms with Gasteiger partial charge in [0.1, 0.15) is 6.04 Å². The van der Waals surface area contributed by atoms with Crippen LogP contribution < -0.4 is 5.73 Å². The van der Waals surface area contributed by atoms with Gasteiger partial charge in [-0.3, -0.25) is 4.90 Å². The monoisotopic (exact) mass is 238 g/mol. The van der Waals surface area contributed by atoms with Crippen molar-refractivity contribution in [2.75, 3.05) is 13.1 Å². The summed E-state index contributed by atoms with van der Waals surface area (Å²) in [5.41, 5.74) is 5.47. The number of halogens is 3. The molecule has 0 aliphatic carbocycles. The van der Waals surface area contributed by atoms with Gasteiger partial charge in [-0.25, -0.2) is 0 Å². The Labute approximate surface area is 95.0 Å². The number of nitrogens with two attached hydrogens (primary N) is 1. The molecular formula is C11H21F3N2. The molecule has 16 heavy (non-hydrogen) atoms. The van der Waals surface area contributed by atoms with Gasteiger partial charge in [0.05, 0.1) is 0 Å². The number of likely N-dealkylation sites (tertiary alicyclic amines) is 1. The molecular weight excluding hydrogens is 217 g/mol. The van der Waals surface area contributed by atoms with Gasteiger partial charge in [0, 0.05) is 12.6 Å². The third-order valence-corrected chi connectivity index (χ3v) is 3.59. The maximum atomic E-state index is 12.9. The second-order valence-electron chi connectivity index (χ2n) is 5.08. The molecule has 96 valence electrons. The number of hydrogen-bond acceptors (Lipinski definition) is 2. The van der Waals surface area contributed by atoms with E-state index in [1.54, 1.807) is 0 Å². The lowest BCUT2D eigenvalue weighted by atomic mass is 9.87. The first-order valence-corrected chi connectivity index (χ1v) is 5.79. The van der Waals surface area contributed by atoms with Gasteiger partial charge in [-0.2, -0.15) is 13.2 Å². The van der Waals surface area contributed by atoms with Crippen LogP contribution in [0, 0.1) is 11.8 Å². The molecule has 0 aromatic rings. The van der Waals surface area contributed by atoms with Crippen molar-refractivity contribution in [3.8, 4) is 0 Å². The van der Waals surface area contributed by atoms with Crippen molar-refractivity contribution in [1.29, 1.82) is 0 Å². The van der Waals surface area contributed by atoms with E-state index in [0.29, 0.717) is 24.9 Å². The second-order valence-corrected chi connectivity index (χ2v) is 5.08. The van der Waals surface area contributed by atoms with Crippen LogP contribution in [0.1, 0.15) is 27.2 Å². The highest BCUT2D eigenvalue weighted by molar-refractivity contribution is 4.89. The zero-order valence-corrected chi connectivity index (χ0v) is 10.1. The quantitative estimate of drug-likeness (QED) is 0.799. The van der Waals surface area contributed by atoms with Crippen molar-refractivity contribution < 1.29 is 13.2 Å². The fourth-order valence-electron chi connectivity index (χ4n) is 2.39. The summed E-state index contributed by atoms with van der Waals surface area (Å²) in [6.45, 7) is 6.52. The van der Waals surface area contributed by atoms with Gasteiger partial charge in [0.15, 0.2) is 0 Å². The zero-order chi connectivity index (χ0) is 12.5. The van der Waals surface area contributed by atoms with Crippen LogP contribution >= 0.6 is 0 Å². The van der Waals surface area contributed by atoms with Gasteiger partial charge in [-0.15, -0.1) is 0 Å². The molecule has 1 aliphatic rings. The Balaban J connectivity index is 2.73. The zero-order valence-electron chi connectivity index (χ0n) is 10.1. The SMILES string of the molecule is CC(N)C(N1CCC(C)C(C)C1)C(F)(F)F. The minimum atomic E-state index is -4.23. The minimum Gasteiger partial charge on any atom is -0.326 e. The molecule has 4 unspecified atom stereocenters. The van der Waals surface area contributed by atoms with Crippen LogP contribution in [0.2, 0.25) is 0 Å². The van der Waals surface area contributed by atoms with Gasteiger partial charge < -0.3 is 5.73 Å². The van der Waals surface area contributed by atoms with E-state index >= 15 is 0 Å². The molecule has 1 rings (SSSR count). The number of alkyl halides is 3. The van der Waals surface area contributed by atoms with Crippen LogP contribution in [0.25, 0.3) is 0 Å². The van der Waals surface area contributed by atoms with Crippen molar-refractivity contribution >= 4 is 0 Å². The molecule has 2 nitrogen and oxygen atoms in total. The molecule has 0 aromatic heterocycles. The highest BCUT2D eigenvalue weighted by atomic mass is 19.4. The predicted molar refractivity (Wildman–Crippen MR) is 58.0 cm³/mol. The number of nitrogens with zero attached hydrogens (tertiary/aromatic N) is 1. The highest BCUT2D eigenvalue weighted by Crippen LogP contribution is 2.31. The summed E-state index contributed by atoms with van der Waals surface area (Å²) in [4.78, 5) is 1.50. The number of rotatable bonds is 2. The van der Waals surface area contributed by atoms with Crippen LogP contribution in [0.3, 0.4) is 0 Å². The summed E-state index contributed by atoms with van der Waals surface area (Å²) in [6, 6.07) is -2.37. The predicted octanol–water partition coefficient (Wildman–Crippen LogP) is 2.24. The summed E-state index contributed by atoms with van der Waals surface area (Å²) in [5, 5.41) is 0. The average Bonchev–Trinajstić information content (AvgIpc) is 2.08. The van der Waals surface area contributed by atoms with Crippen molar-refractivity contribution in [2.45, 2.75) is 45.5 Å². The van der Waals surface area contributed by atoms with E-state index in [4.69, 9.17) is 5.73 Å².